The number of hydrogen-bond acceptors (Lipinski definition) is 1. The fraction of sp³-hybridized carbons (Fsp3) is 0.500. The lowest BCUT2D eigenvalue weighted by Gasteiger charge is -2.31. The Morgan fingerprint density at radius 1 is 1.37 bits per heavy atom. The number of halogens is 3. The number of carbonyl (C=O) groups excluding carboxylic acids is 1. The molecule has 2 rings (SSSR count). The maximum Gasteiger partial charge on any atom is 0.252 e. The third kappa shape index (κ3) is 3.57. The summed E-state index contributed by atoms with van der Waals surface area (Å²) in [6.07, 6.45) is 4.47. The van der Waals surface area contributed by atoms with Gasteiger partial charge in [-0.3, -0.25) is 4.79 Å². The summed E-state index contributed by atoms with van der Waals surface area (Å²) >= 11 is 6.64. The summed E-state index contributed by atoms with van der Waals surface area (Å²) in [6.45, 7) is 0. The molecule has 1 aliphatic rings. The van der Waals surface area contributed by atoms with Crippen LogP contribution in [0.3, 0.4) is 0 Å². The van der Waals surface area contributed by atoms with Crippen LogP contribution in [0.25, 0.3) is 0 Å². The zero-order chi connectivity index (χ0) is 13.8. The van der Waals surface area contributed by atoms with E-state index in [0.717, 1.165) is 24.6 Å². The number of alkyl halides is 1. The highest BCUT2D eigenvalue weighted by atomic mass is 79.9. The molecule has 2 atom stereocenters. The number of carbonyl (C=O) groups is 1. The van der Waals surface area contributed by atoms with E-state index in [1.165, 1.54) is 12.5 Å². The molecule has 1 amide bonds. The minimum absolute atomic E-state index is 0.177. The Morgan fingerprint density at radius 2 is 2.11 bits per heavy atom. The average molecular weight is 393 g/mol. The molecular weight excluding hydrogens is 377 g/mol. The minimum Gasteiger partial charge on any atom is -0.349 e. The second kappa shape index (κ2) is 6.84. The van der Waals surface area contributed by atoms with E-state index in [-0.39, 0.29) is 16.4 Å². The predicted octanol–water partition coefficient (Wildman–Crippen LogP) is 4.27. The van der Waals surface area contributed by atoms with Crippen LogP contribution >= 0.6 is 31.9 Å². The third-order valence-electron chi connectivity index (χ3n) is 3.62. The van der Waals surface area contributed by atoms with Crippen LogP contribution in [0.15, 0.2) is 22.7 Å². The lowest BCUT2D eigenvalue weighted by Crippen LogP contribution is -2.42. The van der Waals surface area contributed by atoms with Gasteiger partial charge in [0, 0.05) is 11.4 Å². The Bertz CT molecular complexity index is 467. The summed E-state index contributed by atoms with van der Waals surface area (Å²) in [5.74, 6) is -0.150. The van der Waals surface area contributed by atoms with Gasteiger partial charge in [-0.1, -0.05) is 34.8 Å². The van der Waals surface area contributed by atoms with Crippen LogP contribution in [-0.2, 0) is 0 Å². The lowest BCUT2D eigenvalue weighted by molar-refractivity contribution is 0.0910. The van der Waals surface area contributed by atoms with Crippen molar-refractivity contribution in [1.29, 1.82) is 0 Å². The summed E-state index contributed by atoms with van der Waals surface area (Å²) in [4.78, 5) is 12.2. The highest BCUT2D eigenvalue weighted by molar-refractivity contribution is 9.10. The number of benzene rings is 1. The molecule has 0 bridgehead atoms. The zero-order valence-electron chi connectivity index (χ0n) is 10.5. The quantitative estimate of drug-likeness (QED) is 0.764. The van der Waals surface area contributed by atoms with Crippen molar-refractivity contribution < 1.29 is 9.18 Å². The van der Waals surface area contributed by atoms with E-state index in [2.05, 4.69) is 37.2 Å². The van der Waals surface area contributed by atoms with Crippen molar-refractivity contribution in [2.45, 2.75) is 31.7 Å². The zero-order valence-corrected chi connectivity index (χ0v) is 13.6. The lowest BCUT2D eigenvalue weighted by atomic mass is 9.86. The standard InChI is InChI=1S/C14H16Br2FNO/c15-8-9-4-1-2-7-12(9)18-14(19)10-5-3-6-11(17)13(10)16/h3,5-6,9,12H,1-2,4,7-8H2,(H,18,19). The number of amides is 1. The molecule has 5 heteroatoms. The molecule has 0 heterocycles. The number of nitrogens with one attached hydrogen (secondary N) is 1. The Balaban J connectivity index is 2.09. The van der Waals surface area contributed by atoms with Crippen molar-refractivity contribution in [2.24, 2.45) is 5.92 Å². The second-order valence-electron chi connectivity index (χ2n) is 4.88. The first-order valence-electron chi connectivity index (χ1n) is 6.44. The van der Waals surface area contributed by atoms with E-state index >= 15 is 0 Å². The first kappa shape index (κ1) is 15.0. The molecule has 0 saturated heterocycles. The molecule has 1 saturated carbocycles. The van der Waals surface area contributed by atoms with Crippen molar-refractivity contribution >= 4 is 37.8 Å². The third-order valence-corrected chi connectivity index (χ3v) is 5.26. The molecule has 1 fully saturated rings. The van der Waals surface area contributed by atoms with Gasteiger partial charge in [0.25, 0.3) is 5.91 Å². The highest BCUT2D eigenvalue weighted by Gasteiger charge is 2.26. The minimum atomic E-state index is -0.409. The molecule has 2 unspecified atom stereocenters. The van der Waals surface area contributed by atoms with Crippen LogP contribution in [0.5, 0.6) is 0 Å². The topological polar surface area (TPSA) is 29.1 Å². The Morgan fingerprint density at radius 3 is 2.84 bits per heavy atom. The molecule has 0 spiro atoms. The van der Waals surface area contributed by atoms with Crippen LogP contribution in [0, 0.1) is 11.7 Å². The molecule has 1 aliphatic carbocycles. The molecule has 2 nitrogen and oxygen atoms in total. The summed E-state index contributed by atoms with van der Waals surface area (Å²) in [6, 6.07) is 4.70. The van der Waals surface area contributed by atoms with E-state index in [0.29, 0.717) is 11.5 Å². The summed E-state index contributed by atoms with van der Waals surface area (Å²) < 4.78 is 13.7. The van der Waals surface area contributed by atoms with Gasteiger partial charge >= 0.3 is 0 Å². The average Bonchev–Trinajstić information content (AvgIpc) is 2.42. The molecule has 0 radical (unpaired) electrons. The van der Waals surface area contributed by atoms with Gasteiger partial charge in [-0.15, -0.1) is 0 Å². The predicted molar refractivity (Wildman–Crippen MR) is 81.1 cm³/mol. The normalized spacial score (nSPS) is 23.1. The molecule has 1 aromatic carbocycles. The monoisotopic (exact) mass is 391 g/mol. The van der Waals surface area contributed by atoms with Crippen molar-refractivity contribution in [3.8, 4) is 0 Å². The molecule has 19 heavy (non-hydrogen) atoms. The van der Waals surface area contributed by atoms with E-state index in [9.17, 15) is 9.18 Å². The van der Waals surface area contributed by atoms with Gasteiger partial charge in [-0.2, -0.15) is 0 Å². The maximum atomic E-state index is 13.4. The highest BCUT2D eigenvalue weighted by Crippen LogP contribution is 2.27. The second-order valence-corrected chi connectivity index (χ2v) is 6.32. The van der Waals surface area contributed by atoms with Crippen LogP contribution in [0.2, 0.25) is 0 Å². The summed E-state index contributed by atoms with van der Waals surface area (Å²) in [5, 5.41) is 3.93. The SMILES string of the molecule is O=C(NC1CCCCC1CBr)c1cccc(F)c1Br. The first-order chi connectivity index (χ1) is 9.13. The smallest absolute Gasteiger partial charge is 0.252 e. The van der Waals surface area contributed by atoms with E-state index < -0.39 is 5.82 Å². The molecule has 1 aromatic rings. The fourth-order valence-electron chi connectivity index (χ4n) is 2.51. The molecule has 0 aromatic heterocycles. The van der Waals surface area contributed by atoms with Crippen molar-refractivity contribution in [3.05, 3.63) is 34.1 Å². The van der Waals surface area contributed by atoms with Crippen LogP contribution in [-0.4, -0.2) is 17.3 Å². The molecule has 1 N–H and O–H groups in total. The van der Waals surface area contributed by atoms with Gasteiger partial charge < -0.3 is 5.32 Å². The fourth-order valence-corrected chi connectivity index (χ4v) is 3.73. The maximum absolute atomic E-state index is 13.4. The Hall–Kier alpha value is -0.420. The van der Waals surface area contributed by atoms with E-state index in [1.807, 2.05) is 0 Å². The Kier molecular flexibility index (Phi) is 5.39. The van der Waals surface area contributed by atoms with Gasteiger partial charge in [-0.25, -0.2) is 4.39 Å². The van der Waals surface area contributed by atoms with Gasteiger partial charge in [0.1, 0.15) is 5.82 Å². The van der Waals surface area contributed by atoms with Gasteiger partial charge in [0.05, 0.1) is 10.0 Å². The summed E-state index contributed by atoms with van der Waals surface area (Å²) in [7, 11) is 0. The first-order valence-corrected chi connectivity index (χ1v) is 8.35. The van der Waals surface area contributed by atoms with Gasteiger partial charge in [0.2, 0.25) is 0 Å². The molecule has 0 aliphatic heterocycles. The van der Waals surface area contributed by atoms with Gasteiger partial charge in [-0.05, 0) is 46.8 Å². The van der Waals surface area contributed by atoms with E-state index in [1.54, 1.807) is 12.1 Å². The van der Waals surface area contributed by atoms with Crippen molar-refractivity contribution in [2.75, 3.05) is 5.33 Å². The Labute approximate surface area is 129 Å². The van der Waals surface area contributed by atoms with Crippen LogP contribution < -0.4 is 5.32 Å². The molecular formula is C14H16Br2FNO. The van der Waals surface area contributed by atoms with Gasteiger partial charge in [0.15, 0.2) is 0 Å². The van der Waals surface area contributed by atoms with E-state index in [4.69, 9.17) is 0 Å². The largest absolute Gasteiger partial charge is 0.349 e. The summed E-state index contributed by atoms with van der Waals surface area (Å²) in [5.41, 5.74) is 0.360. The van der Waals surface area contributed by atoms with Crippen LogP contribution in [0.4, 0.5) is 4.39 Å². The van der Waals surface area contributed by atoms with Crippen molar-refractivity contribution in [1.82, 2.24) is 5.32 Å². The van der Waals surface area contributed by atoms with Crippen LogP contribution in [0.1, 0.15) is 36.0 Å². The molecule has 104 valence electrons. The number of hydrogen-bond donors (Lipinski definition) is 1. The number of rotatable bonds is 3. The van der Waals surface area contributed by atoms with Crippen molar-refractivity contribution in [3.63, 3.8) is 0 Å².